The lowest BCUT2D eigenvalue weighted by Gasteiger charge is -2.13. The third kappa shape index (κ3) is 3.28. The fourth-order valence-electron chi connectivity index (χ4n) is 1.94. The summed E-state index contributed by atoms with van der Waals surface area (Å²) in [5, 5.41) is 2.70. The Balaban J connectivity index is 2.08. The summed E-state index contributed by atoms with van der Waals surface area (Å²) < 4.78 is 26.7. The number of hydrogen-bond acceptors (Lipinski definition) is 5. The van der Waals surface area contributed by atoms with Crippen molar-refractivity contribution in [3.63, 3.8) is 0 Å². The van der Waals surface area contributed by atoms with Crippen molar-refractivity contribution < 1.29 is 13.2 Å². The summed E-state index contributed by atoms with van der Waals surface area (Å²) in [5.41, 5.74) is 5.80. The van der Waals surface area contributed by atoms with Crippen LogP contribution in [-0.2, 0) is 21.4 Å². The smallest absolute Gasteiger partial charge is 0.242 e. The second-order valence-corrected chi connectivity index (χ2v) is 6.04. The van der Waals surface area contributed by atoms with Gasteiger partial charge in [-0.3, -0.25) is 9.78 Å². The molecule has 1 aromatic heterocycles. The van der Waals surface area contributed by atoms with E-state index in [-0.39, 0.29) is 29.9 Å². The number of carbonyl (C=O) groups is 1. The van der Waals surface area contributed by atoms with Gasteiger partial charge in [0.25, 0.3) is 0 Å². The zero-order valence-electron chi connectivity index (χ0n) is 10.3. The van der Waals surface area contributed by atoms with Gasteiger partial charge >= 0.3 is 0 Å². The van der Waals surface area contributed by atoms with Crippen LogP contribution in [0.5, 0.6) is 0 Å². The highest BCUT2D eigenvalue weighted by Gasteiger charge is 2.24. The van der Waals surface area contributed by atoms with Crippen molar-refractivity contribution in [2.45, 2.75) is 30.3 Å². The Hall–Kier alpha value is -1.51. The molecule has 7 nitrogen and oxygen atoms in total. The molecule has 2 rings (SSSR count). The number of aromatic nitrogens is 1. The Morgan fingerprint density at radius 3 is 2.95 bits per heavy atom. The summed E-state index contributed by atoms with van der Waals surface area (Å²) in [7, 11) is -3.65. The number of nitrogens with two attached hydrogens (primary N) is 1. The van der Waals surface area contributed by atoms with Crippen LogP contribution in [0, 0.1) is 0 Å². The summed E-state index contributed by atoms with van der Waals surface area (Å²) in [4.78, 5) is 15.1. The first-order valence-electron chi connectivity index (χ1n) is 5.96. The molecule has 0 aromatic carbocycles. The molecular weight excluding hydrogens is 268 g/mol. The number of nitrogens with zero attached hydrogens (tertiary/aromatic N) is 1. The predicted octanol–water partition coefficient (Wildman–Crippen LogP) is -0.903. The van der Waals surface area contributed by atoms with Gasteiger partial charge in [0.1, 0.15) is 4.90 Å². The lowest BCUT2D eigenvalue weighted by Crippen LogP contribution is -2.38. The molecule has 1 aliphatic heterocycles. The maximum absolute atomic E-state index is 12.1. The quantitative estimate of drug-likeness (QED) is 0.648. The SMILES string of the molecule is NCc1ncccc1S(=O)(=O)NCC1CCC(=O)N1. The molecule has 8 heteroatoms. The maximum Gasteiger partial charge on any atom is 0.242 e. The van der Waals surface area contributed by atoms with Gasteiger partial charge < -0.3 is 11.1 Å². The second kappa shape index (κ2) is 5.64. The number of rotatable bonds is 5. The van der Waals surface area contributed by atoms with Gasteiger partial charge in [0.05, 0.1) is 5.69 Å². The Bertz CT molecular complexity index is 573. The monoisotopic (exact) mass is 284 g/mol. The highest BCUT2D eigenvalue weighted by atomic mass is 32.2. The predicted molar refractivity (Wildman–Crippen MR) is 68.5 cm³/mol. The van der Waals surface area contributed by atoms with Gasteiger partial charge in [0.15, 0.2) is 0 Å². The number of hydrogen-bond donors (Lipinski definition) is 3. The van der Waals surface area contributed by atoms with Crippen LogP contribution in [0.2, 0.25) is 0 Å². The Labute approximate surface area is 111 Å². The molecule has 19 heavy (non-hydrogen) atoms. The summed E-state index contributed by atoms with van der Waals surface area (Å²) in [6.45, 7) is 0.226. The molecule has 0 aliphatic carbocycles. The molecule has 4 N–H and O–H groups in total. The maximum atomic E-state index is 12.1. The van der Waals surface area contributed by atoms with Crippen molar-refractivity contribution in [3.8, 4) is 0 Å². The number of carbonyl (C=O) groups excluding carboxylic acids is 1. The molecule has 1 aromatic rings. The standard InChI is InChI=1S/C11H16N4O3S/c12-6-9-10(2-1-5-13-9)19(17,18)14-7-8-3-4-11(16)15-8/h1-2,5,8,14H,3-4,6-7,12H2,(H,15,16). The average molecular weight is 284 g/mol. The van der Waals surface area contributed by atoms with E-state index in [0.29, 0.717) is 18.5 Å². The molecule has 0 radical (unpaired) electrons. The van der Waals surface area contributed by atoms with Crippen LogP contribution in [0.15, 0.2) is 23.2 Å². The average Bonchev–Trinajstić information content (AvgIpc) is 2.82. The third-order valence-electron chi connectivity index (χ3n) is 2.94. The van der Waals surface area contributed by atoms with Crippen LogP contribution in [-0.4, -0.2) is 31.9 Å². The minimum absolute atomic E-state index is 0.0479. The molecule has 1 aliphatic rings. The first-order chi connectivity index (χ1) is 9.03. The molecule has 0 bridgehead atoms. The molecule has 1 amide bonds. The number of sulfonamides is 1. The van der Waals surface area contributed by atoms with E-state index in [1.807, 2.05) is 0 Å². The third-order valence-corrected chi connectivity index (χ3v) is 4.43. The van der Waals surface area contributed by atoms with Gasteiger partial charge in [0.2, 0.25) is 15.9 Å². The van der Waals surface area contributed by atoms with Gasteiger partial charge in [-0.15, -0.1) is 0 Å². The normalized spacial score (nSPS) is 19.4. The number of pyridine rings is 1. The van der Waals surface area contributed by atoms with Crippen LogP contribution >= 0.6 is 0 Å². The molecule has 2 heterocycles. The Morgan fingerprint density at radius 1 is 1.53 bits per heavy atom. The number of nitrogens with one attached hydrogen (secondary N) is 2. The van der Waals surface area contributed by atoms with Crippen LogP contribution in [0.3, 0.4) is 0 Å². The van der Waals surface area contributed by atoms with Crippen molar-refractivity contribution in [2.75, 3.05) is 6.54 Å². The molecule has 0 spiro atoms. The molecule has 1 atom stereocenters. The second-order valence-electron chi connectivity index (χ2n) is 4.31. The van der Waals surface area contributed by atoms with Crippen molar-refractivity contribution in [1.82, 2.24) is 15.0 Å². The van der Waals surface area contributed by atoms with E-state index in [1.165, 1.54) is 12.3 Å². The first kappa shape index (κ1) is 13.9. The van der Waals surface area contributed by atoms with Crippen LogP contribution in [0.1, 0.15) is 18.5 Å². The van der Waals surface area contributed by atoms with Gasteiger partial charge in [-0.2, -0.15) is 0 Å². The fourth-order valence-corrected chi connectivity index (χ4v) is 3.22. The van der Waals surface area contributed by atoms with Gasteiger partial charge in [-0.05, 0) is 18.6 Å². The van der Waals surface area contributed by atoms with Crippen molar-refractivity contribution in [1.29, 1.82) is 0 Å². The summed E-state index contributed by atoms with van der Waals surface area (Å²) in [6, 6.07) is 2.86. The first-order valence-corrected chi connectivity index (χ1v) is 7.44. The van der Waals surface area contributed by atoms with Crippen molar-refractivity contribution >= 4 is 15.9 Å². The zero-order valence-corrected chi connectivity index (χ0v) is 11.1. The van der Waals surface area contributed by atoms with Crippen molar-refractivity contribution in [3.05, 3.63) is 24.0 Å². The van der Waals surface area contributed by atoms with Crippen LogP contribution in [0.4, 0.5) is 0 Å². The minimum Gasteiger partial charge on any atom is -0.352 e. The highest BCUT2D eigenvalue weighted by molar-refractivity contribution is 7.89. The van der Waals surface area contributed by atoms with E-state index in [9.17, 15) is 13.2 Å². The fraction of sp³-hybridized carbons (Fsp3) is 0.455. The Kier molecular flexibility index (Phi) is 4.13. The topological polar surface area (TPSA) is 114 Å². The molecular formula is C11H16N4O3S. The van der Waals surface area contributed by atoms with Crippen molar-refractivity contribution in [2.24, 2.45) is 5.73 Å². The van der Waals surface area contributed by atoms with E-state index in [1.54, 1.807) is 6.07 Å². The molecule has 1 saturated heterocycles. The van der Waals surface area contributed by atoms with E-state index < -0.39 is 10.0 Å². The lowest BCUT2D eigenvalue weighted by atomic mass is 10.2. The number of amides is 1. The van der Waals surface area contributed by atoms with Gasteiger partial charge in [-0.1, -0.05) is 0 Å². The van der Waals surface area contributed by atoms with E-state index in [2.05, 4.69) is 15.0 Å². The van der Waals surface area contributed by atoms with Gasteiger partial charge in [-0.25, -0.2) is 13.1 Å². The summed E-state index contributed by atoms with van der Waals surface area (Å²) >= 11 is 0. The van der Waals surface area contributed by atoms with Crippen LogP contribution < -0.4 is 15.8 Å². The van der Waals surface area contributed by atoms with E-state index in [4.69, 9.17) is 5.73 Å². The Morgan fingerprint density at radius 2 is 2.32 bits per heavy atom. The van der Waals surface area contributed by atoms with E-state index >= 15 is 0 Å². The summed E-state index contributed by atoms with van der Waals surface area (Å²) in [5.74, 6) is -0.0479. The van der Waals surface area contributed by atoms with E-state index in [0.717, 1.165) is 0 Å². The molecule has 0 saturated carbocycles. The minimum atomic E-state index is -3.65. The summed E-state index contributed by atoms with van der Waals surface area (Å²) in [6.07, 6.45) is 2.57. The molecule has 1 fully saturated rings. The van der Waals surface area contributed by atoms with Crippen LogP contribution in [0.25, 0.3) is 0 Å². The largest absolute Gasteiger partial charge is 0.352 e. The van der Waals surface area contributed by atoms with Gasteiger partial charge in [0, 0.05) is 31.7 Å². The molecule has 1 unspecified atom stereocenters. The molecule has 104 valence electrons. The zero-order chi connectivity index (χ0) is 13.9. The highest BCUT2D eigenvalue weighted by Crippen LogP contribution is 2.13. The lowest BCUT2D eigenvalue weighted by molar-refractivity contribution is -0.119.